The zero-order valence-corrected chi connectivity index (χ0v) is 12.7. The molecule has 8 heteroatoms. The van der Waals surface area contributed by atoms with Crippen LogP contribution < -0.4 is 4.72 Å². The van der Waals surface area contributed by atoms with Gasteiger partial charge in [-0.1, -0.05) is 23.8 Å². The predicted molar refractivity (Wildman–Crippen MR) is 79.8 cm³/mol. The molecule has 21 heavy (non-hydrogen) atoms. The highest BCUT2D eigenvalue weighted by Crippen LogP contribution is 2.27. The Labute approximate surface area is 128 Å². The number of hydrogen-bond acceptors (Lipinski definition) is 4. The van der Waals surface area contributed by atoms with Gasteiger partial charge in [-0.25, -0.2) is 13.1 Å². The van der Waals surface area contributed by atoms with Crippen LogP contribution in [0, 0.1) is 16.0 Å². The lowest BCUT2D eigenvalue weighted by atomic mass is 9.95. The normalized spacial score (nSPS) is 18.6. The van der Waals surface area contributed by atoms with Gasteiger partial charge in [-0.2, -0.15) is 0 Å². The summed E-state index contributed by atoms with van der Waals surface area (Å²) in [4.78, 5) is 9.96. The molecule has 1 atom stereocenters. The van der Waals surface area contributed by atoms with Crippen LogP contribution in [0.5, 0.6) is 0 Å². The molecule has 0 saturated heterocycles. The Kier molecular flexibility index (Phi) is 4.97. The Morgan fingerprint density at radius 2 is 2.14 bits per heavy atom. The van der Waals surface area contributed by atoms with Crippen molar-refractivity contribution in [2.24, 2.45) is 5.92 Å². The largest absolute Gasteiger partial charge is 0.289 e. The van der Waals surface area contributed by atoms with Crippen LogP contribution in [0.3, 0.4) is 0 Å². The first kappa shape index (κ1) is 15.9. The summed E-state index contributed by atoms with van der Waals surface area (Å²) >= 11 is 5.68. The summed E-state index contributed by atoms with van der Waals surface area (Å²) in [7, 11) is -3.77. The lowest BCUT2D eigenvalue weighted by Gasteiger charge is -2.18. The zero-order valence-electron chi connectivity index (χ0n) is 11.2. The predicted octanol–water partition coefficient (Wildman–Crippen LogP) is 2.88. The van der Waals surface area contributed by atoms with Gasteiger partial charge < -0.3 is 0 Å². The third-order valence-electron chi connectivity index (χ3n) is 3.36. The van der Waals surface area contributed by atoms with Crippen molar-refractivity contribution in [1.82, 2.24) is 4.72 Å². The van der Waals surface area contributed by atoms with Gasteiger partial charge in [0, 0.05) is 12.6 Å². The standard InChI is InChI=1S/C13H15ClN2O4S/c14-12-7-6-11(8-13(12)16(17)18)21(19,20)15-9-10-4-2-1-3-5-10/h1-2,6-8,10,15H,3-5,9H2. The zero-order chi connectivity index (χ0) is 15.5. The van der Waals surface area contributed by atoms with Crippen LogP contribution in [0.4, 0.5) is 5.69 Å². The van der Waals surface area contributed by atoms with Crippen LogP contribution in [0.25, 0.3) is 0 Å². The molecule has 1 aromatic rings. The van der Waals surface area contributed by atoms with Crippen LogP contribution in [0.2, 0.25) is 5.02 Å². The maximum atomic E-state index is 12.2. The molecule has 1 aromatic carbocycles. The van der Waals surface area contributed by atoms with E-state index in [1.807, 2.05) is 6.08 Å². The summed E-state index contributed by atoms with van der Waals surface area (Å²) in [6, 6.07) is 3.46. The van der Waals surface area contributed by atoms with Gasteiger partial charge in [0.25, 0.3) is 5.69 Å². The monoisotopic (exact) mass is 330 g/mol. The lowest BCUT2D eigenvalue weighted by Crippen LogP contribution is -2.29. The van der Waals surface area contributed by atoms with Crippen molar-refractivity contribution in [2.45, 2.75) is 24.2 Å². The molecule has 2 rings (SSSR count). The molecule has 0 aromatic heterocycles. The average Bonchev–Trinajstić information content (AvgIpc) is 2.46. The molecule has 1 aliphatic carbocycles. The van der Waals surface area contributed by atoms with Crippen molar-refractivity contribution in [3.63, 3.8) is 0 Å². The summed E-state index contributed by atoms with van der Waals surface area (Å²) in [5.41, 5.74) is -0.417. The van der Waals surface area contributed by atoms with Crippen molar-refractivity contribution in [1.29, 1.82) is 0 Å². The minimum absolute atomic E-state index is 0.0867. The summed E-state index contributed by atoms with van der Waals surface area (Å²) in [5, 5.41) is 10.7. The summed E-state index contributed by atoms with van der Waals surface area (Å²) in [6.07, 6.45) is 6.82. The number of hydrogen-bond donors (Lipinski definition) is 1. The first-order chi connectivity index (χ1) is 9.90. The van der Waals surface area contributed by atoms with Crippen LogP contribution in [-0.2, 0) is 10.0 Å². The number of benzene rings is 1. The molecule has 0 heterocycles. The van der Waals surface area contributed by atoms with Gasteiger partial charge in [0.2, 0.25) is 10.0 Å². The van der Waals surface area contributed by atoms with Crippen LogP contribution in [-0.4, -0.2) is 19.9 Å². The van der Waals surface area contributed by atoms with Gasteiger partial charge in [-0.05, 0) is 37.3 Å². The topological polar surface area (TPSA) is 89.3 Å². The SMILES string of the molecule is O=[N+]([O-])c1cc(S(=O)(=O)NCC2CC=CCC2)ccc1Cl. The van der Waals surface area contributed by atoms with E-state index in [-0.39, 0.29) is 15.8 Å². The first-order valence-electron chi connectivity index (χ1n) is 6.49. The second kappa shape index (κ2) is 6.55. The van der Waals surface area contributed by atoms with Gasteiger partial charge in [-0.3, -0.25) is 10.1 Å². The summed E-state index contributed by atoms with van der Waals surface area (Å²) < 4.78 is 26.8. The number of halogens is 1. The van der Waals surface area contributed by atoms with Crippen LogP contribution in [0.15, 0.2) is 35.2 Å². The molecule has 0 fully saturated rings. The van der Waals surface area contributed by atoms with Crippen molar-refractivity contribution >= 4 is 27.3 Å². The summed E-state index contributed by atoms with van der Waals surface area (Å²) in [6.45, 7) is 0.323. The van der Waals surface area contributed by atoms with Gasteiger partial charge in [0.1, 0.15) is 5.02 Å². The number of nitrogens with zero attached hydrogens (tertiary/aromatic N) is 1. The molecule has 0 radical (unpaired) electrons. The highest BCUT2D eigenvalue weighted by Gasteiger charge is 2.21. The fourth-order valence-corrected chi connectivity index (χ4v) is 3.47. The fraction of sp³-hybridized carbons (Fsp3) is 0.385. The smallest absolute Gasteiger partial charge is 0.258 e. The second-order valence-electron chi connectivity index (χ2n) is 4.87. The molecule has 6 nitrogen and oxygen atoms in total. The van der Waals surface area contributed by atoms with Gasteiger partial charge in [-0.15, -0.1) is 0 Å². The highest BCUT2D eigenvalue weighted by atomic mass is 35.5. The maximum Gasteiger partial charge on any atom is 0.289 e. The Morgan fingerprint density at radius 1 is 1.38 bits per heavy atom. The van der Waals surface area contributed by atoms with Gasteiger partial charge in [0.15, 0.2) is 0 Å². The Balaban J connectivity index is 2.13. The molecule has 1 aliphatic rings. The van der Waals surface area contributed by atoms with E-state index in [4.69, 9.17) is 11.6 Å². The van der Waals surface area contributed by atoms with Gasteiger partial charge in [0.05, 0.1) is 9.82 Å². The van der Waals surface area contributed by atoms with Crippen molar-refractivity contribution < 1.29 is 13.3 Å². The number of allylic oxidation sites excluding steroid dienone is 2. The van der Waals surface area contributed by atoms with Crippen LogP contribution in [0.1, 0.15) is 19.3 Å². The minimum Gasteiger partial charge on any atom is -0.258 e. The third-order valence-corrected chi connectivity index (χ3v) is 5.11. The molecule has 0 bridgehead atoms. The fourth-order valence-electron chi connectivity index (χ4n) is 2.15. The van der Waals surface area contributed by atoms with E-state index in [0.717, 1.165) is 25.3 Å². The van der Waals surface area contributed by atoms with E-state index >= 15 is 0 Å². The number of sulfonamides is 1. The molecule has 1 N–H and O–H groups in total. The van der Waals surface area contributed by atoms with E-state index in [1.54, 1.807) is 0 Å². The molecular formula is C13H15ClN2O4S. The number of nitro groups is 1. The quantitative estimate of drug-likeness (QED) is 0.510. The number of rotatable bonds is 5. The van der Waals surface area contributed by atoms with E-state index < -0.39 is 20.6 Å². The van der Waals surface area contributed by atoms with E-state index in [9.17, 15) is 18.5 Å². The van der Waals surface area contributed by atoms with Crippen LogP contribution >= 0.6 is 11.6 Å². The molecular weight excluding hydrogens is 316 g/mol. The Bertz CT molecular complexity index is 673. The molecule has 114 valence electrons. The third kappa shape index (κ3) is 4.03. The Morgan fingerprint density at radius 3 is 2.76 bits per heavy atom. The molecule has 0 aliphatic heterocycles. The molecule has 1 unspecified atom stereocenters. The minimum atomic E-state index is -3.77. The lowest BCUT2D eigenvalue weighted by molar-refractivity contribution is -0.384. The van der Waals surface area contributed by atoms with Crippen molar-refractivity contribution in [3.05, 3.63) is 45.5 Å². The first-order valence-corrected chi connectivity index (χ1v) is 8.35. The second-order valence-corrected chi connectivity index (χ2v) is 7.05. The number of nitrogens with one attached hydrogen (secondary N) is 1. The van der Waals surface area contributed by atoms with Crippen molar-refractivity contribution in [2.75, 3.05) is 6.54 Å². The van der Waals surface area contributed by atoms with E-state index in [2.05, 4.69) is 10.8 Å². The summed E-state index contributed by atoms with van der Waals surface area (Å²) in [5.74, 6) is 0.257. The number of nitro benzene ring substituents is 1. The highest BCUT2D eigenvalue weighted by molar-refractivity contribution is 7.89. The average molecular weight is 331 g/mol. The molecule has 0 spiro atoms. The van der Waals surface area contributed by atoms with E-state index in [0.29, 0.717) is 6.54 Å². The maximum absolute atomic E-state index is 12.2. The Hall–Kier alpha value is -1.44. The molecule has 0 saturated carbocycles. The van der Waals surface area contributed by atoms with Gasteiger partial charge >= 0.3 is 0 Å². The molecule has 0 amide bonds. The van der Waals surface area contributed by atoms with Crippen molar-refractivity contribution in [3.8, 4) is 0 Å². The van der Waals surface area contributed by atoms with E-state index in [1.165, 1.54) is 12.1 Å².